The average molecular weight is 224 g/mol. The summed E-state index contributed by atoms with van der Waals surface area (Å²) in [4.78, 5) is 24.7. The number of rotatable bonds is 3. The topological polar surface area (TPSA) is 49.4 Å². The summed E-state index contributed by atoms with van der Waals surface area (Å²) in [5.41, 5.74) is 0. The molecule has 0 spiro atoms. The molecule has 1 aliphatic carbocycles. The molecule has 2 rings (SSSR count). The number of carbonyl (C=O) groups excluding carboxylic acids is 2. The molecule has 0 bridgehead atoms. The van der Waals surface area contributed by atoms with Gasteiger partial charge in [0.05, 0.1) is 6.54 Å². The number of amides is 2. The van der Waals surface area contributed by atoms with Gasteiger partial charge in [0.1, 0.15) is 0 Å². The van der Waals surface area contributed by atoms with E-state index in [1.54, 1.807) is 4.90 Å². The summed E-state index contributed by atoms with van der Waals surface area (Å²) < 4.78 is 0. The van der Waals surface area contributed by atoms with Gasteiger partial charge in [-0.25, -0.2) is 0 Å². The second kappa shape index (κ2) is 4.85. The van der Waals surface area contributed by atoms with Gasteiger partial charge in [-0.3, -0.25) is 9.59 Å². The molecular formula is C12H20N2O2. The lowest BCUT2D eigenvalue weighted by molar-refractivity contribution is -0.133. The molecule has 2 atom stereocenters. The molecule has 4 heteroatoms. The highest BCUT2D eigenvalue weighted by Gasteiger charge is 2.26. The number of hydrogen-bond donors (Lipinski definition) is 1. The average Bonchev–Trinajstić information content (AvgIpc) is 2.77. The highest BCUT2D eigenvalue weighted by Crippen LogP contribution is 2.24. The summed E-state index contributed by atoms with van der Waals surface area (Å²) in [5.74, 6) is 0.850. The predicted molar refractivity (Wildman–Crippen MR) is 60.8 cm³/mol. The second-order valence-corrected chi connectivity index (χ2v) is 5.10. The molecule has 2 fully saturated rings. The molecule has 2 aliphatic rings. The monoisotopic (exact) mass is 224 g/mol. The lowest BCUT2D eigenvalue weighted by atomic mass is 10.1. The molecule has 0 aromatic rings. The highest BCUT2D eigenvalue weighted by atomic mass is 16.2. The first-order chi connectivity index (χ1) is 7.65. The van der Waals surface area contributed by atoms with E-state index in [2.05, 4.69) is 12.2 Å². The Hall–Kier alpha value is -1.06. The van der Waals surface area contributed by atoms with Gasteiger partial charge >= 0.3 is 0 Å². The number of likely N-dealkylation sites (tertiary alicyclic amines) is 1. The fourth-order valence-corrected chi connectivity index (χ4v) is 2.66. The van der Waals surface area contributed by atoms with E-state index in [1.165, 1.54) is 6.42 Å². The minimum atomic E-state index is 0.00866. The maximum Gasteiger partial charge on any atom is 0.239 e. The Kier molecular flexibility index (Phi) is 3.46. The summed E-state index contributed by atoms with van der Waals surface area (Å²) in [6, 6.07) is 0.334. The van der Waals surface area contributed by atoms with Crippen LogP contribution in [0.5, 0.6) is 0 Å². The maximum absolute atomic E-state index is 11.7. The molecule has 90 valence electrons. The molecule has 1 heterocycles. The van der Waals surface area contributed by atoms with E-state index in [9.17, 15) is 9.59 Å². The van der Waals surface area contributed by atoms with E-state index in [-0.39, 0.29) is 18.4 Å². The van der Waals surface area contributed by atoms with Crippen molar-refractivity contribution in [1.82, 2.24) is 10.2 Å². The lowest BCUT2D eigenvalue weighted by Crippen LogP contribution is -2.41. The van der Waals surface area contributed by atoms with Crippen molar-refractivity contribution in [1.29, 1.82) is 0 Å². The molecule has 2 amide bonds. The Morgan fingerprint density at radius 2 is 2.31 bits per heavy atom. The molecule has 4 nitrogen and oxygen atoms in total. The van der Waals surface area contributed by atoms with Crippen molar-refractivity contribution in [2.24, 2.45) is 5.92 Å². The van der Waals surface area contributed by atoms with E-state index in [0.29, 0.717) is 12.5 Å². The van der Waals surface area contributed by atoms with Gasteiger partial charge in [-0.1, -0.05) is 6.92 Å². The Balaban J connectivity index is 1.74. The van der Waals surface area contributed by atoms with Crippen molar-refractivity contribution in [3.63, 3.8) is 0 Å². The van der Waals surface area contributed by atoms with Crippen LogP contribution in [0.4, 0.5) is 0 Å². The van der Waals surface area contributed by atoms with E-state index in [0.717, 1.165) is 31.7 Å². The SMILES string of the molecule is CC1CCC(NC(=O)CN2CCCC2=O)C1. The number of carbonyl (C=O) groups is 2. The standard InChI is InChI=1S/C12H20N2O2/c1-9-4-5-10(7-9)13-11(15)8-14-6-2-3-12(14)16/h9-10H,2-8H2,1H3,(H,13,15). The minimum Gasteiger partial charge on any atom is -0.352 e. The van der Waals surface area contributed by atoms with E-state index < -0.39 is 0 Å². The summed E-state index contributed by atoms with van der Waals surface area (Å²) in [7, 11) is 0. The van der Waals surface area contributed by atoms with Gasteiger partial charge in [-0.2, -0.15) is 0 Å². The van der Waals surface area contributed by atoms with Crippen molar-refractivity contribution in [3.8, 4) is 0 Å². The molecule has 1 aliphatic heterocycles. The van der Waals surface area contributed by atoms with Gasteiger partial charge in [0.2, 0.25) is 11.8 Å². The van der Waals surface area contributed by atoms with E-state index in [4.69, 9.17) is 0 Å². The van der Waals surface area contributed by atoms with Crippen molar-refractivity contribution in [2.75, 3.05) is 13.1 Å². The van der Waals surface area contributed by atoms with Crippen molar-refractivity contribution in [2.45, 2.75) is 45.1 Å². The number of nitrogens with zero attached hydrogens (tertiary/aromatic N) is 1. The Morgan fingerprint density at radius 1 is 1.50 bits per heavy atom. The third-order valence-corrected chi connectivity index (χ3v) is 3.57. The third-order valence-electron chi connectivity index (χ3n) is 3.57. The largest absolute Gasteiger partial charge is 0.352 e. The first-order valence-corrected chi connectivity index (χ1v) is 6.22. The van der Waals surface area contributed by atoms with E-state index in [1.807, 2.05) is 0 Å². The first-order valence-electron chi connectivity index (χ1n) is 6.22. The zero-order valence-electron chi connectivity index (χ0n) is 9.87. The second-order valence-electron chi connectivity index (χ2n) is 5.10. The molecular weight excluding hydrogens is 204 g/mol. The highest BCUT2D eigenvalue weighted by molar-refractivity contribution is 5.85. The molecule has 1 saturated carbocycles. The fraction of sp³-hybridized carbons (Fsp3) is 0.833. The van der Waals surface area contributed by atoms with Gasteiger partial charge in [0.15, 0.2) is 0 Å². The van der Waals surface area contributed by atoms with Crippen molar-refractivity contribution < 1.29 is 9.59 Å². The number of nitrogens with one attached hydrogen (secondary N) is 1. The normalized spacial score (nSPS) is 29.8. The van der Waals surface area contributed by atoms with Crippen molar-refractivity contribution >= 4 is 11.8 Å². The van der Waals surface area contributed by atoms with Crippen LogP contribution < -0.4 is 5.32 Å². The van der Waals surface area contributed by atoms with Crippen molar-refractivity contribution in [3.05, 3.63) is 0 Å². The zero-order valence-corrected chi connectivity index (χ0v) is 9.87. The Morgan fingerprint density at radius 3 is 2.88 bits per heavy atom. The van der Waals surface area contributed by atoms with Crippen LogP contribution >= 0.6 is 0 Å². The number of hydrogen-bond acceptors (Lipinski definition) is 2. The molecule has 16 heavy (non-hydrogen) atoms. The van der Waals surface area contributed by atoms with Gasteiger partial charge in [-0.05, 0) is 31.6 Å². The molecule has 1 saturated heterocycles. The molecule has 0 radical (unpaired) electrons. The van der Waals surface area contributed by atoms with Crippen LogP contribution in [-0.4, -0.2) is 35.8 Å². The predicted octanol–water partition coefficient (Wildman–Crippen LogP) is 0.914. The molecule has 0 aromatic carbocycles. The van der Waals surface area contributed by atoms with Crippen LogP contribution in [0.3, 0.4) is 0 Å². The van der Waals surface area contributed by atoms with Gasteiger partial charge in [0, 0.05) is 19.0 Å². The summed E-state index contributed by atoms with van der Waals surface area (Å²) in [6.45, 7) is 3.22. The molecule has 1 N–H and O–H groups in total. The van der Waals surface area contributed by atoms with Crippen LogP contribution in [0.1, 0.15) is 39.0 Å². The Bertz CT molecular complexity index is 291. The van der Waals surface area contributed by atoms with Gasteiger partial charge < -0.3 is 10.2 Å². The zero-order chi connectivity index (χ0) is 11.5. The Labute approximate surface area is 96.4 Å². The quantitative estimate of drug-likeness (QED) is 0.774. The third kappa shape index (κ3) is 2.74. The minimum absolute atomic E-state index is 0.00866. The van der Waals surface area contributed by atoms with Gasteiger partial charge in [0.25, 0.3) is 0 Å². The van der Waals surface area contributed by atoms with Crippen LogP contribution in [0.25, 0.3) is 0 Å². The first kappa shape index (κ1) is 11.4. The van der Waals surface area contributed by atoms with Crippen LogP contribution in [0.2, 0.25) is 0 Å². The molecule has 0 aromatic heterocycles. The fourth-order valence-electron chi connectivity index (χ4n) is 2.66. The smallest absolute Gasteiger partial charge is 0.239 e. The van der Waals surface area contributed by atoms with Crippen LogP contribution in [-0.2, 0) is 9.59 Å². The lowest BCUT2D eigenvalue weighted by Gasteiger charge is -2.17. The van der Waals surface area contributed by atoms with Crippen LogP contribution in [0, 0.1) is 5.92 Å². The summed E-state index contributed by atoms with van der Waals surface area (Å²) >= 11 is 0. The molecule has 2 unspecified atom stereocenters. The summed E-state index contributed by atoms with van der Waals surface area (Å²) in [6.07, 6.45) is 4.87. The van der Waals surface area contributed by atoms with E-state index >= 15 is 0 Å². The maximum atomic E-state index is 11.7. The summed E-state index contributed by atoms with van der Waals surface area (Å²) in [5, 5.41) is 3.02. The van der Waals surface area contributed by atoms with Crippen LogP contribution in [0.15, 0.2) is 0 Å². The van der Waals surface area contributed by atoms with Gasteiger partial charge in [-0.15, -0.1) is 0 Å².